The summed E-state index contributed by atoms with van der Waals surface area (Å²) >= 11 is 0. The lowest BCUT2D eigenvalue weighted by Crippen LogP contribution is -2.11. The molecule has 1 aliphatic rings. The minimum atomic E-state index is 1.08. The second kappa shape index (κ2) is 30.3. The SMILES string of the molecule is Cc1cccc(N(c2ccc(-c3ccc(C=Cc4ccc(N(c5ccccc5)c5ccccc5)cc4)cc3)cc2)c2ccc3c4c(cccc24)-c2cc(-c4cccc(N(c5ccc(-c6ccccc6)cc5)c5ccc(-c6ccc(C=Cc7ccc(N(c8ccccc8)c8ccccc8)cc7)cc6)cc5)c4C)ccc2-3)c1. The summed E-state index contributed by atoms with van der Waals surface area (Å²) in [6.45, 7) is 4.46. The van der Waals surface area contributed by atoms with Crippen LogP contribution in [0, 0.1) is 13.8 Å². The van der Waals surface area contributed by atoms with Crippen LogP contribution in [0.2, 0.25) is 0 Å². The molecule has 0 aromatic heterocycles. The molecule has 18 rings (SSSR count). The molecule has 0 spiro atoms. The molecule has 1 aliphatic carbocycles. The Kier molecular flexibility index (Phi) is 18.6. The van der Waals surface area contributed by atoms with Crippen molar-refractivity contribution in [2.75, 3.05) is 19.6 Å². The van der Waals surface area contributed by atoms with Gasteiger partial charge in [-0.3, -0.25) is 0 Å². The van der Waals surface area contributed by atoms with Crippen molar-refractivity contribution >= 4 is 103 Å². The number of nitrogens with zero attached hydrogens (tertiary/aromatic N) is 4. The van der Waals surface area contributed by atoms with Crippen LogP contribution >= 0.6 is 0 Å². The van der Waals surface area contributed by atoms with E-state index in [4.69, 9.17) is 0 Å². The van der Waals surface area contributed by atoms with E-state index in [1.807, 2.05) is 0 Å². The van der Waals surface area contributed by atoms with E-state index in [2.05, 4.69) is 470 Å². The predicted octanol–water partition coefficient (Wildman–Crippen LogP) is 30.0. The molecule has 17 aromatic carbocycles. The zero-order chi connectivity index (χ0) is 73.7. The van der Waals surface area contributed by atoms with Crippen molar-refractivity contribution in [1.82, 2.24) is 0 Å². The van der Waals surface area contributed by atoms with E-state index in [0.717, 1.165) is 107 Å². The summed E-state index contributed by atoms with van der Waals surface area (Å²) in [6.07, 6.45) is 8.77. The first-order valence-electron chi connectivity index (χ1n) is 37.8. The standard InChI is InChI=1S/C106H78N4/c1-75-21-18-32-97(73-75)110(96-68-57-86(58-69-96)83-51-43-78(44-52-83)38-40-80-47-62-93(63-48-80)108(90-28-14-6-15-29-90)91-30-16-7-17-31-91)105-72-71-101-99-70-59-87(74-103(99)100-34-19-35-102(105)106(100)101)98-33-20-36-104(76(98)2)109(94-64-53-84(54-65-94)81-22-8-3-9-23-81)95-66-55-85(56-67-95)82-49-41-77(42-50-82)37-39-79-45-60-92(61-46-79)107(88-24-10-4-11-25-88)89-26-12-5-13-27-89/h3-74H,1-2H3. The molecule has 0 bridgehead atoms. The lowest BCUT2D eigenvalue weighted by Gasteiger charge is -2.28. The summed E-state index contributed by atoms with van der Waals surface area (Å²) in [5.74, 6) is 0. The van der Waals surface area contributed by atoms with Gasteiger partial charge in [0, 0.05) is 67.9 Å². The largest absolute Gasteiger partial charge is 0.311 e. The molecule has 0 saturated heterocycles. The number of fused-ring (bicyclic) bond motifs is 3. The molecular weight excluding hydrogens is 1330 g/mol. The predicted molar refractivity (Wildman–Crippen MR) is 469 cm³/mol. The van der Waals surface area contributed by atoms with E-state index in [0.29, 0.717) is 0 Å². The normalized spacial score (nSPS) is 11.5. The summed E-state index contributed by atoms with van der Waals surface area (Å²) in [4.78, 5) is 9.43. The fourth-order valence-electron chi connectivity index (χ4n) is 15.7. The third-order valence-electron chi connectivity index (χ3n) is 21.2. The summed E-state index contributed by atoms with van der Waals surface area (Å²) < 4.78 is 0. The fraction of sp³-hybridized carbons (Fsp3) is 0.0189. The first-order chi connectivity index (χ1) is 54.3. The molecule has 0 saturated carbocycles. The summed E-state index contributed by atoms with van der Waals surface area (Å²) in [7, 11) is 0. The molecule has 0 atom stereocenters. The highest BCUT2D eigenvalue weighted by Gasteiger charge is 2.27. The zero-order valence-corrected chi connectivity index (χ0v) is 61.4. The molecule has 4 heteroatoms. The lowest BCUT2D eigenvalue weighted by atomic mass is 9.94. The topological polar surface area (TPSA) is 13.0 Å². The highest BCUT2D eigenvalue weighted by Crippen LogP contribution is 2.53. The van der Waals surface area contributed by atoms with Gasteiger partial charge in [-0.1, -0.05) is 297 Å². The van der Waals surface area contributed by atoms with Crippen molar-refractivity contribution in [2.45, 2.75) is 13.8 Å². The Morgan fingerprint density at radius 1 is 0.182 bits per heavy atom. The molecule has 17 aromatic rings. The molecule has 0 aliphatic heterocycles. The average Bonchev–Trinajstić information content (AvgIpc) is 1.56. The van der Waals surface area contributed by atoms with Gasteiger partial charge < -0.3 is 19.6 Å². The first kappa shape index (κ1) is 67.6. The average molecular weight is 1410 g/mol. The van der Waals surface area contributed by atoms with Crippen molar-refractivity contribution in [1.29, 1.82) is 0 Å². The second-order valence-electron chi connectivity index (χ2n) is 28.2. The number of anilines is 12. The third kappa shape index (κ3) is 13.8. The molecule has 4 nitrogen and oxygen atoms in total. The van der Waals surface area contributed by atoms with Crippen LogP contribution in [-0.2, 0) is 0 Å². The van der Waals surface area contributed by atoms with E-state index >= 15 is 0 Å². The van der Waals surface area contributed by atoms with Gasteiger partial charge in [-0.05, 0) is 259 Å². The number of para-hydroxylation sites is 4. The van der Waals surface area contributed by atoms with Gasteiger partial charge in [0.15, 0.2) is 0 Å². The first-order valence-corrected chi connectivity index (χ1v) is 37.8. The van der Waals surface area contributed by atoms with Crippen LogP contribution in [0.1, 0.15) is 33.4 Å². The number of hydrogen-bond donors (Lipinski definition) is 0. The van der Waals surface area contributed by atoms with Gasteiger partial charge in [0.05, 0.1) is 5.69 Å². The molecule has 0 heterocycles. The molecule has 0 fully saturated rings. The van der Waals surface area contributed by atoms with Crippen molar-refractivity contribution in [2.24, 2.45) is 0 Å². The molecule has 0 N–H and O–H groups in total. The van der Waals surface area contributed by atoms with Gasteiger partial charge in [-0.15, -0.1) is 0 Å². The van der Waals surface area contributed by atoms with Gasteiger partial charge in [0.1, 0.15) is 0 Å². The zero-order valence-electron chi connectivity index (χ0n) is 61.4. The Labute approximate surface area is 645 Å². The van der Waals surface area contributed by atoms with Gasteiger partial charge in [-0.25, -0.2) is 0 Å². The monoisotopic (exact) mass is 1410 g/mol. The van der Waals surface area contributed by atoms with Crippen LogP contribution in [-0.4, -0.2) is 0 Å². The Bertz CT molecular complexity index is 6060. The Morgan fingerprint density at radius 2 is 0.491 bits per heavy atom. The van der Waals surface area contributed by atoms with Gasteiger partial charge in [0.25, 0.3) is 0 Å². The van der Waals surface area contributed by atoms with Gasteiger partial charge in [-0.2, -0.15) is 0 Å². The van der Waals surface area contributed by atoms with Crippen LogP contribution in [0.15, 0.2) is 413 Å². The fourth-order valence-corrected chi connectivity index (χ4v) is 15.7. The maximum absolute atomic E-state index is 2.43. The lowest BCUT2D eigenvalue weighted by molar-refractivity contribution is 1.25. The van der Waals surface area contributed by atoms with Crippen LogP contribution < -0.4 is 19.6 Å². The Balaban J connectivity index is 0.605. The van der Waals surface area contributed by atoms with E-state index in [1.165, 1.54) is 72.0 Å². The number of aryl methyl sites for hydroxylation is 1. The van der Waals surface area contributed by atoms with E-state index in [9.17, 15) is 0 Å². The smallest absolute Gasteiger partial charge is 0.0540 e. The highest BCUT2D eigenvalue weighted by molar-refractivity contribution is 6.19. The van der Waals surface area contributed by atoms with Gasteiger partial charge >= 0.3 is 0 Å². The minimum absolute atomic E-state index is 1.08. The van der Waals surface area contributed by atoms with Crippen LogP contribution in [0.25, 0.3) is 102 Å². The number of rotatable bonds is 20. The summed E-state index contributed by atoms with van der Waals surface area (Å²) in [6, 6.07) is 150. The molecular formula is C106H78N4. The quantitative estimate of drug-likeness (QED) is 0.0705. The molecule has 110 heavy (non-hydrogen) atoms. The summed E-state index contributed by atoms with van der Waals surface area (Å²) in [5.41, 5.74) is 34.7. The van der Waals surface area contributed by atoms with Crippen molar-refractivity contribution in [3.63, 3.8) is 0 Å². The maximum Gasteiger partial charge on any atom is 0.0540 e. The third-order valence-corrected chi connectivity index (χ3v) is 21.2. The van der Waals surface area contributed by atoms with Crippen molar-refractivity contribution in [3.05, 3.63) is 446 Å². The van der Waals surface area contributed by atoms with E-state index in [1.54, 1.807) is 0 Å². The van der Waals surface area contributed by atoms with E-state index in [-0.39, 0.29) is 0 Å². The van der Waals surface area contributed by atoms with Crippen LogP contribution in [0.5, 0.6) is 0 Å². The maximum atomic E-state index is 2.43. The Hall–Kier alpha value is -14.3. The minimum Gasteiger partial charge on any atom is -0.311 e. The van der Waals surface area contributed by atoms with Crippen molar-refractivity contribution < 1.29 is 0 Å². The Morgan fingerprint density at radius 3 is 0.927 bits per heavy atom. The number of benzene rings is 17. The molecule has 0 radical (unpaired) electrons. The van der Waals surface area contributed by atoms with Gasteiger partial charge in [0.2, 0.25) is 0 Å². The highest BCUT2D eigenvalue weighted by atomic mass is 15.2. The van der Waals surface area contributed by atoms with Crippen molar-refractivity contribution in [3.8, 4) is 66.8 Å². The molecule has 0 unspecified atom stereocenters. The molecule has 522 valence electrons. The van der Waals surface area contributed by atoms with E-state index < -0.39 is 0 Å². The van der Waals surface area contributed by atoms with Crippen LogP contribution in [0.4, 0.5) is 68.2 Å². The second-order valence-corrected chi connectivity index (χ2v) is 28.2. The number of hydrogen-bond acceptors (Lipinski definition) is 4. The molecule has 0 amide bonds. The van der Waals surface area contributed by atoms with Crippen LogP contribution in [0.3, 0.4) is 0 Å². The summed E-state index contributed by atoms with van der Waals surface area (Å²) in [5, 5.41) is 2.48.